The van der Waals surface area contributed by atoms with Crippen LogP contribution in [0.3, 0.4) is 0 Å². The molecule has 1 saturated heterocycles. The summed E-state index contributed by atoms with van der Waals surface area (Å²) >= 11 is 0. The Morgan fingerprint density at radius 1 is 1.40 bits per heavy atom. The highest BCUT2D eigenvalue weighted by Crippen LogP contribution is 2.44. The molecule has 0 bridgehead atoms. The van der Waals surface area contributed by atoms with Crippen LogP contribution < -0.4 is 0 Å². The summed E-state index contributed by atoms with van der Waals surface area (Å²) in [7, 11) is -0.265. The molecule has 1 fully saturated rings. The predicted octanol–water partition coefficient (Wildman–Crippen LogP) is 3.22. The first kappa shape index (κ1) is 17.8. The van der Waals surface area contributed by atoms with Gasteiger partial charge < -0.3 is 18.7 Å². The lowest BCUT2D eigenvalue weighted by Gasteiger charge is -2.43. The molecule has 5 heteroatoms. The van der Waals surface area contributed by atoms with E-state index < -0.39 is 8.32 Å². The molecule has 0 saturated carbocycles. The molecule has 0 aromatic carbocycles. The molecule has 1 aliphatic rings. The minimum Gasteiger partial charge on any atom is -0.414 e. The third-order valence-electron chi connectivity index (χ3n) is 5.31. The number of carbonyl (C=O) groups excluding carboxylic acids is 1. The lowest BCUT2D eigenvalue weighted by atomic mass is 9.99. The zero-order chi connectivity index (χ0) is 15.6. The van der Waals surface area contributed by atoms with Gasteiger partial charge in [-0.3, -0.25) is 0 Å². The zero-order valence-corrected chi connectivity index (χ0v) is 14.9. The van der Waals surface area contributed by atoms with Crippen molar-refractivity contribution in [3.05, 3.63) is 0 Å². The van der Waals surface area contributed by atoms with Crippen molar-refractivity contribution in [3.8, 4) is 0 Å². The molecular weight excluding hydrogens is 272 g/mol. The van der Waals surface area contributed by atoms with Gasteiger partial charge in [-0.05, 0) is 24.1 Å². The summed E-state index contributed by atoms with van der Waals surface area (Å²) in [5, 5.41) is 0.170. The Kier molecular flexibility index (Phi) is 5.96. The largest absolute Gasteiger partial charge is 0.414 e. The molecule has 0 amide bonds. The van der Waals surface area contributed by atoms with Crippen LogP contribution in [0.15, 0.2) is 0 Å². The van der Waals surface area contributed by atoms with E-state index in [1.54, 1.807) is 7.11 Å². The van der Waals surface area contributed by atoms with Gasteiger partial charge in [0.2, 0.25) is 0 Å². The van der Waals surface area contributed by atoms with Crippen LogP contribution in [-0.4, -0.2) is 40.7 Å². The van der Waals surface area contributed by atoms with Gasteiger partial charge in [-0.25, -0.2) is 0 Å². The summed E-state index contributed by atoms with van der Waals surface area (Å²) in [6.45, 7) is 14.0. The molecule has 0 radical (unpaired) electrons. The zero-order valence-electron chi connectivity index (χ0n) is 13.9. The van der Waals surface area contributed by atoms with Gasteiger partial charge in [0.25, 0.3) is 0 Å². The number of hydrogen-bond donors (Lipinski definition) is 0. The Balaban J connectivity index is 2.64. The molecule has 1 rings (SSSR count). The fourth-order valence-corrected chi connectivity index (χ4v) is 4.70. The third-order valence-corrected chi connectivity index (χ3v) is 9.88. The van der Waals surface area contributed by atoms with E-state index in [-0.39, 0.29) is 23.4 Å². The van der Waals surface area contributed by atoms with Crippen LogP contribution >= 0.6 is 0 Å². The number of aldehydes is 1. The van der Waals surface area contributed by atoms with E-state index in [2.05, 4.69) is 40.8 Å². The highest BCUT2D eigenvalue weighted by atomic mass is 28.4. The Morgan fingerprint density at radius 2 is 2.00 bits per heavy atom. The van der Waals surface area contributed by atoms with Crippen molar-refractivity contribution in [2.24, 2.45) is 11.8 Å². The molecule has 1 aliphatic heterocycles. The predicted molar refractivity (Wildman–Crippen MR) is 82.2 cm³/mol. The van der Waals surface area contributed by atoms with Crippen LogP contribution in [-0.2, 0) is 18.7 Å². The quantitative estimate of drug-likeness (QED) is 0.535. The maximum atomic E-state index is 11.1. The number of methoxy groups -OCH3 is 1. The van der Waals surface area contributed by atoms with Crippen LogP contribution in [0.2, 0.25) is 18.1 Å². The Labute approximate surface area is 124 Å². The highest BCUT2D eigenvalue weighted by molar-refractivity contribution is 6.74. The molecule has 0 unspecified atom stereocenters. The number of rotatable bonds is 7. The smallest absolute Gasteiger partial charge is 0.192 e. The second-order valence-corrected chi connectivity index (χ2v) is 11.7. The van der Waals surface area contributed by atoms with Crippen LogP contribution in [0.5, 0.6) is 0 Å². The summed E-state index contributed by atoms with van der Waals surface area (Å²) < 4.78 is 17.2. The summed E-state index contributed by atoms with van der Waals surface area (Å²) in [4.78, 5) is 11.1. The van der Waals surface area contributed by atoms with E-state index in [1.165, 1.54) is 0 Å². The van der Waals surface area contributed by atoms with E-state index in [9.17, 15) is 4.79 Å². The van der Waals surface area contributed by atoms with Gasteiger partial charge in [0, 0.05) is 19.4 Å². The summed E-state index contributed by atoms with van der Waals surface area (Å²) in [6.07, 6.45) is 1.15. The van der Waals surface area contributed by atoms with Gasteiger partial charge in [-0.2, -0.15) is 0 Å². The van der Waals surface area contributed by atoms with Crippen LogP contribution in [0, 0.1) is 11.8 Å². The maximum Gasteiger partial charge on any atom is 0.192 e. The van der Waals surface area contributed by atoms with E-state index >= 15 is 0 Å². The lowest BCUT2D eigenvalue weighted by molar-refractivity contribution is -0.126. The molecular formula is C15H30O4Si. The monoisotopic (exact) mass is 302 g/mol. The first-order valence-corrected chi connectivity index (χ1v) is 10.3. The average Bonchev–Trinajstić information content (AvgIpc) is 2.78. The van der Waals surface area contributed by atoms with Gasteiger partial charge in [0.05, 0.1) is 12.7 Å². The molecule has 0 N–H and O–H groups in total. The Morgan fingerprint density at radius 3 is 2.45 bits per heavy atom. The van der Waals surface area contributed by atoms with Crippen molar-refractivity contribution in [2.45, 2.75) is 64.6 Å². The molecule has 1 heterocycles. The molecule has 4 nitrogen and oxygen atoms in total. The van der Waals surface area contributed by atoms with Crippen molar-refractivity contribution >= 4 is 14.6 Å². The van der Waals surface area contributed by atoms with Crippen molar-refractivity contribution in [2.75, 3.05) is 13.7 Å². The van der Waals surface area contributed by atoms with Crippen LogP contribution in [0.25, 0.3) is 0 Å². The molecule has 118 valence electrons. The normalized spacial score (nSPS) is 28.1. The van der Waals surface area contributed by atoms with Gasteiger partial charge in [0.1, 0.15) is 6.29 Å². The fourth-order valence-electron chi connectivity index (χ4n) is 2.35. The maximum absolute atomic E-state index is 11.1. The third kappa shape index (κ3) is 3.69. The van der Waals surface area contributed by atoms with Crippen molar-refractivity contribution in [1.29, 1.82) is 0 Å². The van der Waals surface area contributed by atoms with E-state index in [0.717, 1.165) is 6.29 Å². The standard InChI is InChI=1S/C15H30O4Si/c1-11(2)15(3,4)20(6,7)18-10-13-12(9-16)8-14(17-5)19-13/h9,11-14H,8,10H2,1-7H3/t12-,13-,14+/m1/s1. The first-order valence-electron chi connectivity index (χ1n) is 7.43. The van der Waals surface area contributed by atoms with E-state index in [1.807, 2.05) is 0 Å². The fraction of sp³-hybridized carbons (Fsp3) is 0.933. The summed E-state index contributed by atoms with van der Waals surface area (Å²) in [5.74, 6) is 0.439. The SMILES string of the molecule is CO[C@@H]1C[C@H](C=O)[C@@H](CO[Si](C)(C)C(C)(C)C(C)C)O1. The van der Waals surface area contributed by atoms with Crippen molar-refractivity contribution in [3.63, 3.8) is 0 Å². The highest BCUT2D eigenvalue weighted by Gasteiger charge is 2.45. The van der Waals surface area contributed by atoms with Gasteiger partial charge in [-0.15, -0.1) is 0 Å². The number of carbonyl (C=O) groups is 1. The van der Waals surface area contributed by atoms with Crippen molar-refractivity contribution in [1.82, 2.24) is 0 Å². The summed E-state index contributed by atoms with van der Waals surface area (Å²) in [5.41, 5.74) is 0. The molecule has 3 atom stereocenters. The molecule has 0 aromatic rings. The molecule has 0 spiro atoms. The van der Waals surface area contributed by atoms with Gasteiger partial charge in [0.15, 0.2) is 14.6 Å². The second kappa shape index (κ2) is 6.69. The first-order chi connectivity index (χ1) is 9.15. The number of hydrogen-bond acceptors (Lipinski definition) is 4. The number of ether oxygens (including phenoxy) is 2. The Bertz CT molecular complexity index is 328. The minimum absolute atomic E-state index is 0.119. The van der Waals surface area contributed by atoms with Crippen molar-refractivity contribution < 1.29 is 18.7 Å². The summed E-state index contributed by atoms with van der Waals surface area (Å²) in [6, 6.07) is 0. The van der Waals surface area contributed by atoms with Gasteiger partial charge in [-0.1, -0.05) is 27.7 Å². The van der Waals surface area contributed by atoms with Crippen LogP contribution in [0.1, 0.15) is 34.1 Å². The second-order valence-electron chi connectivity index (χ2n) is 7.07. The van der Waals surface area contributed by atoms with E-state index in [4.69, 9.17) is 13.9 Å². The lowest BCUT2D eigenvalue weighted by Crippen LogP contribution is -2.47. The molecule has 0 aliphatic carbocycles. The van der Waals surface area contributed by atoms with E-state index in [0.29, 0.717) is 18.9 Å². The van der Waals surface area contributed by atoms with Crippen LogP contribution in [0.4, 0.5) is 0 Å². The van der Waals surface area contributed by atoms with Gasteiger partial charge >= 0.3 is 0 Å². The Hall–Kier alpha value is -0.233. The topological polar surface area (TPSA) is 44.8 Å². The average molecular weight is 302 g/mol. The minimum atomic E-state index is -1.87. The molecule has 0 aromatic heterocycles. The molecule has 20 heavy (non-hydrogen) atoms.